The molecule has 2 N–H and O–H groups in total. The molecule has 1 aromatic carbocycles. The predicted octanol–water partition coefficient (Wildman–Crippen LogP) is 1.68. The van der Waals surface area contributed by atoms with E-state index in [0.29, 0.717) is 6.54 Å². The van der Waals surface area contributed by atoms with Gasteiger partial charge in [-0.1, -0.05) is 23.8 Å². The van der Waals surface area contributed by atoms with Crippen molar-refractivity contribution in [1.82, 2.24) is 15.2 Å². The molecule has 2 aromatic rings. The molecule has 0 saturated carbocycles. The molecule has 0 aliphatic carbocycles. The Labute approximate surface area is 172 Å². The average Bonchev–Trinajstić information content (AvgIpc) is 3.18. The Hall–Kier alpha value is -2.78. The first-order chi connectivity index (χ1) is 13.8. The monoisotopic (exact) mass is 417 g/mol. The van der Waals surface area contributed by atoms with E-state index < -0.39 is 36.4 Å². The lowest BCUT2D eigenvalue weighted by Crippen LogP contribution is -2.49. The molecule has 0 spiro atoms. The summed E-state index contributed by atoms with van der Waals surface area (Å²) in [6.45, 7) is 2.67. The van der Waals surface area contributed by atoms with E-state index in [-0.39, 0.29) is 6.61 Å². The number of ether oxygens (including phenoxy) is 1. The Morgan fingerprint density at radius 1 is 1.41 bits per heavy atom. The number of esters is 1. The summed E-state index contributed by atoms with van der Waals surface area (Å²) in [6.07, 6.45) is 1.84. The molecular formula is C20H23N3O5S. The molecular weight excluding hydrogens is 394 g/mol. The van der Waals surface area contributed by atoms with Crippen LogP contribution in [0.4, 0.5) is 0 Å². The van der Waals surface area contributed by atoms with Crippen molar-refractivity contribution in [2.75, 3.05) is 13.6 Å². The van der Waals surface area contributed by atoms with Gasteiger partial charge in [0.05, 0.1) is 16.8 Å². The first-order valence-corrected chi connectivity index (χ1v) is 10.1. The van der Waals surface area contributed by atoms with Crippen LogP contribution in [0.3, 0.4) is 0 Å². The highest BCUT2D eigenvalue weighted by Gasteiger charge is 2.34. The van der Waals surface area contributed by atoms with E-state index in [2.05, 4.69) is 16.4 Å². The number of thiazole rings is 1. The van der Waals surface area contributed by atoms with Crippen molar-refractivity contribution in [1.29, 1.82) is 0 Å². The van der Waals surface area contributed by atoms with Gasteiger partial charge in [-0.25, -0.2) is 4.79 Å². The Bertz CT molecular complexity index is 900. The van der Waals surface area contributed by atoms with Gasteiger partial charge in [-0.2, -0.15) is 0 Å². The van der Waals surface area contributed by atoms with Crippen molar-refractivity contribution in [3.63, 3.8) is 0 Å². The predicted molar refractivity (Wildman–Crippen MR) is 106 cm³/mol. The lowest BCUT2D eigenvalue weighted by atomic mass is 9.91. The number of hydrogen-bond acceptors (Lipinski definition) is 7. The third-order valence-corrected chi connectivity index (χ3v) is 5.59. The van der Waals surface area contributed by atoms with Gasteiger partial charge in [0.25, 0.3) is 0 Å². The quantitative estimate of drug-likeness (QED) is 0.660. The maximum atomic E-state index is 13.0. The van der Waals surface area contributed by atoms with Crippen molar-refractivity contribution in [3.05, 3.63) is 51.5 Å². The molecule has 154 valence electrons. The van der Waals surface area contributed by atoms with Gasteiger partial charge in [0, 0.05) is 12.7 Å². The number of aryl methyl sites for hydroxylation is 1. The third kappa shape index (κ3) is 5.18. The number of nitrogens with zero attached hydrogens (tertiary/aromatic N) is 2. The van der Waals surface area contributed by atoms with Crippen molar-refractivity contribution in [2.24, 2.45) is 0 Å². The number of likely N-dealkylation sites (N-methyl/N-ethyl adjacent to an activating group) is 1. The van der Waals surface area contributed by atoms with Crippen molar-refractivity contribution < 1.29 is 24.2 Å². The number of hydrogen-bond donors (Lipinski definition) is 2. The number of carboxylic acid groups (broad SMARTS) is 1. The summed E-state index contributed by atoms with van der Waals surface area (Å²) in [7, 11) is 1.83. The molecule has 2 heterocycles. The number of carboxylic acids is 1. The summed E-state index contributed by atoms with van der Waals surface area (Å²) in [6, 6.07) is 4.05. The van der Waals surface area contributed by atoms with Crippen molar-refractivity contribution in [2.45, 2.75) is 38.5 Å². The number of fused-ring (bicyclic) bond motifs is 1. The van der Waals surface area contributed by atoms with Crippen LogP contribution in [0.1, 0.15) is 34.0 Å². The number of aromatic nitrogens is 1. The first-order valence-electron chi connectivity index (χ1n) is 9.21. The lowest BCUT2D eigenvalue weighted by molar-refractivity contribution is -0.153. The van der Waals surface area contributed by atoms with Crippen LogP contribution in [0.15, 0.2) is 29.9 Å². The van der Waals surface area contributed by atoms with Gasteiger partial charge in [0.2, 0.25) is 5.91 Å². The number of aliphatic carboxylic acids is 1. The largest absolute Gasteiger partial charge is 0.481 e. The summed E-state index contributed by atoms with van der Waals surface area (Å²) in [5, 5.41) is 11.8. The van der Waals surface area contributed by atoms with Crippen LogP contribution in [0.2, 0.25) is 0 Å². The maximum absolute atomic E-state index is 13.0. The van der Waals surface area contributed by atoms with Gasteiger partial charge >= 0.3 is 11.9 Å². The molecule has 0 saturated heterocycles. The molecule has 9 heteroatoms. The van der Waals surface area contributed by atoms with Gasteiger partial charge < -0.3 is 15.2 Å². The van der Waals surface area contributed by atoms with Crippen LogP contribution in [0, 0.1) is 6.92 Å². The van der Waals surface area contributed by atoms with E-state index in [1.165, 1.54) is 11.3 Å². The minimum absolute atomic E-state index is 0.0130. The van der Waals surface area contributed by atoms with Crippen LogP contribution in [0.5, 0.6) is 0 Å². The maximum Gasteiger partial charge on any atom is 0.329 e. The summed E-state index contributed by atoms with van der Waals surface area (Å²) < 4.78 is 5.19. The van der Waals surface area contributed by atoms with Crippen LogP contribution in [0.25, 0.3) is 0 Å². The second-order valence-electron chi connectivity index (χ2n) is 7.07. The van der Waals surface area contributed by atoms with Gasteiger partial charge in [-0.05, 0) is 31.5 Å². The smallest absolute Gasteiger partial charge is 0.329 e. The molecule has 0 fully saturated rings. The van der Waals surface area contributed by atoms with E-state index >= 15 is 0 Å². The molecule has 1 aliphatic rings. The highest BCUT2D eigenvalue weighted by molar-refractivity contribution is 7.09. The number of amides is 1. The Morgan fingerprint density at radius 2 is 2.21 bits per heavy atom. The molecule has 0 bridgehead atoms. The van der Waals surface area contributed by atoms with Crippen molar-refractivity contribution >= 4 is 29.2 Å². The highest BCUT2D eigenvalue weighted by atomic mass is 32.1. The topological polar surface area (TPSA) is 109 Å². The SMILES string of the molecule is Cc1ccc2c(c1)CCN(C)[C@@H]2C(=O)N[C@@H](CC(=O)O)C(=O)OCc1cncs1. The molecule has 0 unspecified atom stereocenters. The van der Waals surface area contributed by atoms with Crippen LogP contribution in [-0.2, 0) is 32.1 Å². The molecule has 1 aromatic heterocycles. The molecule has 0 radical (unpaired) electrons. The zero-order valence-corrected chi connectivity index (χ0v) is 17.1. The van der Waals surface area contributed by atoms with Gasteiger partial charge in [-0.15, -0.1) is 11.3 Å². The number of nitrogens with one attached hydrogen (secondary N) is 1. The lowest BCUT2D eigenvalue weighted by Gasteiger charge is -2.34. The molecule has 3 rings (SSSR count). The van der Waals surface area contributed by atoms with E-state index in [0.717, 1.165) is 28.0 Å². The number of carbonyl (C=O) groups excluding carboxylic acids is 2. The van der Waals surface area contributed by atoms with Crippen LogP contribution in [-0.4, -0.2) is 52.5 Å². The number of carbonyl (C=O) groups is 3. The number of rotatable bonds is 7. The van der Waals surface area contributed by atoms with Crippen LogP contribution >= 0.6 is 11.3 Å². The fraction of sp³-hybridized carbons (Fsp3) is 0.400. The van der Waals surface area contributed by atoms with Gasteiger partial charge in [0.15, 0.2) is 0 Å². The fourth-order valence-corrected chi connectivity index (χ4v) is 3.90. The number of benzene rings is 1. The fourth-order valence-electron chi connectivity index (χ4n) is 3.40. The molecule has 1 aliphatic heterocycles. The van der Waals surface area contributed by atoms with Gasteiger partial charge in [-0.3, -0.25) is 19.5 Å². The molecule has 2 atom stereocenters. The Morgan fingerprint density at radius 3 is 2.90 bits per heavy atom. The van der Waals surface area contributed by atoms with Crippen LogP contribution < -0.4 is 5.32 Å². The van der Waals surface area contributed by atoms with E-state index in [1.807, 2.05) is 31.0 Å². The summed E-state index contributed by atoms with van der Waals surface area (Å²) in [4.78, 5) is 43.2. The second kappa shape index (κ2) is 9.15. The molecule has 29 heavy (non-hydrogen) atoms. The summed E-state index contributed by atoms with van der Waals surface area (Å²) in [5.74, 6) is -2.40. The minimum Gasteiger partial charge on any atom is -0.481 e. The Balaban J connectivity index is 1.74. The standard InChI is InChI=1S/C20H23N3O5S/c1-12-3-4-15-13(7-12)5-6-23(2)18(15)19(26)22-16(8-17(24)25)20(27)28-10-14-9-21-11-29-14/h3-4,7,9,11,16,18H,5-6,8,10H2,1-2H3,(H,22,26)(H,24,25)/t16-,18-/m0/s1. The molecule has 1 amide bonds. The van der Waals surface area contributed by atoms with E-state index in [4.69, 9.17) is 4.74 Å². The zero-order chi connectivity index (χ0) is 21.0. The second-order valence-corrected chi connectivity index (χ2v) is 8.04. The van der Waals surface area contributed by atoms with E-state index in [9.17, 15) is 19.5 Å². The van der Waals surface area contributed by atoms with Gasteiger partial charge in [0.1, 0.15) is 18.7 Å². The average molecular weight is 417 g/mol. The molecule has 8 nitrogen and oxygen atoms in total. The summed E-state index contributed by atoms with van der Waals surface area (Å²) in [5.41, 5.74) is 4.68. The normalized spacial score (nSPS) is 17.2. The Kier molecular flexibility index (Phi) is 6.60. The first kappa shape index (κ1) is 20.9. The third-order valence-electron chi connectivity index (χ3n) is 4.84. The van der Waals surface area contributed by atoms with Crippen molar-refractivity contribution in [3.8, 4) is 0 Å². The summed E-state index contributed by atoms with van der Waals surface area (Å²) >= 11 is 1.32. The zero-order valence-electron chi connectivity index (χ0n) is 16.3. The minimum atomic E-state index is -1.27. The van der Waals surface area contributed by atoms with E-state index in [1.54, 1.807) is 11.7 Å². The highest BCUT2D eigenvalue weighted by Crippen LogP contribution is 2.29.